The van der Waals surface area contributed by atoms with E-state index < -0.39 is 0 Å². The molecule has 0 spiro atoms. The lowest BCUT2D eigenvalue weighted by Gasteiger charge is -2.25. The summed E-state index contributed by atoms with van der Waals surface area (Å²) in [6, 6.07) is 4.84. The third kappa shape index (κ3) is 2.66. The molecule has 3 nitrogen and oxygen atoms in total. The topological polar surface area (TPSA) is 28.4 Å². The van der Waals surface area contributed by atoms with Crippen LogP contribution in [0.5, 0.6) is 0 Å². The van der Waals surface area contributed by atoms with Gasteiger partial charge in [0, 0.05) is 31.5 Å². The van der Waals surface area contributed by atoms with E-state index in [9.17, 15) is 5.11 Å². The molecule has 90 valence electrons. The highest BCUT2D eigenvalue weighted by Crippen LogP contribution is 2.23. The first-order valence-electron chi connectivity index (χ1n) is 6.19. The largest absolute Gasteiger partial charge is 0.393 e. The van der Waals surface area contributed by atoms with Crippen LogP contribution in [0.1, 0.15) is 31.9 Å². The number of nitrogens with zero attached hydrogens (tertiary/aromatic N) is 2. The molecule has 1 aliphatic heterocycles. The normalized spacial score (nSPS) is 23.8. The van der Waals surface area contributed by atoms with Gasteiger partial charge in [-0.15, -0.1) is 0 Å². The Kier molecular flexibility index (Phi) is 3.66. The molecule has 1 aliphatic rings. The third-order valence-corrected chi connectivity index (χ3v) is 3.53. The van der Waals surface area contributed by atoms with Crippen molar-refractivity contribution in [2.24, 2.45) is 7.05 Å². The lowest BCUT2D eigenvalue weighted by molar-refractivity contribution is 0.129. The van der Waals surface area contributed by atoms with E-state index in [2.05, 4.69) is 34.8 Å². The first-order chi connectivity index (χ1) is 7.66. The minimum absolute atomic E-state index is 0.181. The minimum Gasteiger partial charge on any atom is -0.393 e. The third-order valence-electron chi connectivity index (χ3n) is 3.53. The molecule has 0 aliphatic carbocycles. The fourth-order valence-electron chi connectivity index (χ4n) is 2.63. The number of aliphatic hydroxyl groups excluding tert-OH is 1. The van der Waals surface area contributed by atoms with Crippen molar-refractivity contribution in [3.8, 4) is 0 Å². The van der Waals surface area contributed by atoms with E-state index in [1.165, 1.54) is 25.1 Å². The zero-order chi connectivity index (χ0) is 11.5. The molecule has 0 aromatic carbocycles. The Morgan fingerprint density at radius 3 is 3.00 bits per heavy atom. The van der Waals surface area contributed by atoms with E-state index in [0.29, 0.717) is 6.04 Å². The van der Waals surface area contributed by atoms with Crippen molar-refractivity contribution in [2.75, 3.05) is 6.54 Å². The zero-order valence-electron chi connectivity index (χ0n) is 10.3. The van der Waals surface area contributed by atoms with Crippen molar-refractivity contribution < 1.29 is 5.11 Å². The molecular formula is C13H22N2O. The van der Waals surface area contributed by atoms with E-state index in [-0.39, 0.29) is 6.10 Å². The number of hydrogen-bond donors (Lipinski definition) is 1. The van der Waals surface area contributed by atoms with Crippen molar-refractivity contribution in [2.45, 2.75) is 44.9 Å². The quantitative estimate of drug-likeness (QED) is 0.841. The number of hydrogen-bond acceptors (Lipinski definition) is 2. The first kappa shape index (κ1) is 11.7. The molecular weight excluding hydrogens is 200 g/mol. The maximum Gasteiger partial charge on any atom is 0.0527 e. The van der Waals surface area contributed by atoms with Crippen molar-refractivity contribution in [3.63, 3.8) is 0 Å². The number of aromatic nitrogens is 1. The second-order valence-corrected chi connectivity index (χ2v) is 4.96. The first-order valence-corrected chi connectivity index (χ1v) is 6.19. The van der Waals surface area contributed by atoms with Gasteiger partial charge in [-0.3, -0.25) is 4.90 Å². The van der Waals surface area contributed by atoms with Gasteiger partial charge in [0.25, 0.3) is 0 Å². The summed E-state index contributed by atoms with van der Waals surface area (Å²) in [7, 11) is 2.09. The Morgan fingerprint density at radius 2 is 2.38 bits per heavy atom. The Balaban J connectivity index is 1.96. The average Bonchev–Trinajstić information content (AvgIpc) is 2.78. The molecule has 3 heteroatoms. The zero-order valence-corrected chi connectivity index (χ0v) is 10.3. The predicted octanol–water partition coefficient (Wildman–Crippen LogP) is 1.76. The Morgan fingerprint density at radius 1 is 1.56 bits per heavy atom. The molecule has 1 saturated heterocycles. The van der Waals surface area contributed by atoms with Gasteiger partial charge in [0.15, 0.2) is 0 Å². The average molecular weight is 222 g/mol. The monoisotopic (exact) mass is 222 g/mol. The number of rotatable bonds is 4. The predicted molar refractivity (Wildman–Crippen MR) is 65.1 cm³/mol. The molecule has 0 radical (unpaired) electrons. The maximum atomic E-state index is 9.48. The van der Waals surface area contributed by atoms with Crippen LogP contribution in [0.15, 0.2) is 18.3 Å². The van der Waals surface area contributed by atoms with Gasteiger partial charge in [-0.1, -0.05) is 0 Å². The van der Waals surface area contributed by atoms with Crippen LogP contribution in [0.25, 0.3) is 0 Å². The summed E-state index contributed by atoms with van der Waals surface area (Å²) in [5.41, 5.74) is 1.36. The van der Waals surface area contributed by atoms with Crippen LogP contribution < -0.4 is 0 Å². The smallest absolute Gasteiger partial charge is 0.0527 e. The molecule has 1 aromatic heterocycles. The molecule has 2 rings (SSSR count). The van der Waals surface area contributed by atoms with Crippen molar-refractivity contribution in [1.82, 2.24) is 9.47 Å². The van der Waals surface area contributed by atoms with Crippen molar-refractivity contribution in [1.29, 1.82) is 0 Å². The van der Waals surface area contributed by atoms with Crippen LogP contribution in [0.4, 0.5) is 0 Å². The van der Waals surface area contributed by atoms with Crippen molar-refractivity contribution in [3.05, 3.63) is 24.0 Å². The van der Waals surface area contributed by atoms with Crippen LogP contribution in [-0.4, -0.2) is 33.3 Å². The molecule has 1 aromatic rings. The van der Waals surface area contributed by atoms with E-state index in [1.54, 1.807) is 0 Å². The second kappa shape index (κ2) is 5.02. The van der Waals surface area contributed by atoms with Gasteiger partial charge in [-0.05, 0) is 44.9 Å². The standard InChI is InChI=1S/C13H22N2O/c1-11(16)9-12-5-4-8-15(12)10-13-6-3-7-14(13)2/h3,6-7,11-12,16H,4-5,8-10H2,1-2H3. The van der Waals surface area contributed by atoms with Crippen LogP contribution in [0.3, 0.4) is 0 Å². The fourth-order valence-corrected chi connectivity index (χ4v) is 2.63. The lowest BCUT2D eigenvalue weighted by atomic mass is 10.1. The Bertz CT molecular complexity index is 332. The maximum absolute atomic E-state index is 9.48. The highest BCUT2D eigenvalue weighted by Gasteiger charge is 2.25. The SMILES string of the molecule is CC(O)CC1CCCN1Cc1cccn1C. The lowest BCUT2D eigenvalue weighted by Crippen LogP contribution is -2.32. The summed E-state index contributed by atoms with van der Waals surface area (Å²) in [6.45, 7) is 4.07. The molecule has 16 heavy (non-hydrogen) atoms. The van der Waals surface area contributed by atoms with Crippen LogP contribution in [0.2, 0.25) is 0 Å². The Hall–Kier alpha value is -0.800. The molecule has 0 saturated carbocycles. The molecule has 1 N–H and O–H groups in total. The van der Waals surface area contributed by atoms with Gasteiger partial charge in [-0.2, -0.15) is 0 Å². The highest BCUT2D eigenvalue weighted by atomic mass is 16.3. The summed E-state index contributed by atoms with van der Waals surface area (Å²) in [4.78, 5) is 2.50. The van der Waals surface area contributed by atoms with Gasteiger partial charge in [0.2, 0.25) is 0 Å². The Labute approximate surface area is 97.7 Å². The summed E-state index contributed by atoms with van der Waals surface area (Å²) in [5, 5.41) is 9.48. The summed E-state index contributed by atoms with van der Waals surface area (Å²) >= 11 is 0. The van der Waals surface area contributed by atoms with E-state index >= 15 is 0 Å². The summed E-state index contributed by atoms with van der Waals surface area (Å²) < 4.78 is 2.18. The van der Waals surface area contributed by atoms with Crippen LogP contribution in [-0.2, 0) is 13.6 Å². The number of likely N-dealkylation sites (tertiary alicyclic amines) is 1. The van der Waals surface area contributed by atoms with Gasteiger partial charge < -0.3 is 9.67 Å². The summed E-state index contributed by atoms with van der Waals surface area (Å²) in [6.07, 6.45) is 5.32. The van der Waals surface area contributed by atoms with Gasteiger partial charge in [0.1, 0.15) is 0 Å². The van der Waals surface area contributed by atoms with Crippen molar-refractivity contribution >= 4 is 0 Å². The molecule has 2 unspecified atom stereocenters. The highest BCUT2D eigenvalue weighted by molar-refractivity contribution is 5.07. The minimum atomic E-state index is -0.181. The van der Waals surface area contributed by atoms with E-state index in [0.717, 1.165) is 13.0 Å². The second-order valence-electron chi connectivity index (χ2n) is 4.96. The molecule has 0 bridgehead atoms. The molecule has 2 atom stereocenters. The van der Waals surface area contributed by atoms with E-state index in [1.807, 2.05) is 6.92 Å². The molecule has 1 fully saturated rings. The fraction of sp³-hybridized carbons (Fsp3) is 0.692. The van der Waals surface area contributed by atoms with Crippen LogP contribution >= 0.6 is 0 Å². The molecule has 2 heterocycles. The van der Waals surface area contributed by atoms with Crippen LogP contribution in [0, 0.1) is 0 Å². The van der Waals surface area contributed by atoms with Gasteiger partial charge in [-0.25, -0.2) is 0 Å². The van der Waals surface area contributed by atoms with Gasteiger partial charge >= 0.3 is 0 Å². The summed E-state index contributed by atoms with van der Waals surface area (Å²) in [5.74, 6) is 0. The van der Waals surface area contributed by atoms with Gasteiger partial charge in [0.05, 0.1) is 6.10 Å². The number of aryl methyl sites for hydroxylation is 1. The number of aliphatic hydroxyl groups is 1. The molecule has 0 amide bonds. The van der Waals surface area contributed by atoms with E-state index in [4.69, 9.17) is 0 Å².